The van der Waals surface area contributed by atoms with Crippen LogP contribution in [-0.2, 0) is 9.36 Å². The standard InChI is InChI=1S/CH2N2O2P/c2-6(5)3-1-4/h(H2,2,5)/q+1. The van der Waals surface area contributed by atoms with E-state index in [0.717, 1.165) is 6.08 Å². The highest BCUT2D eigenvalue weighted by Crippen LogP contribution is 2.04. The van der Waals surface area contributed by atoms with Gasteiger partial charge in [0, 0.05) is 0 Å². The Labute approximate surface area is 35.0 Å². The first-order valence-corrected chi connectivity index (χ1v) is 2.35. The van der Waals surface area contributed by atoms with E-state index in [1.54, 1.807) is 0 Å². The van der Waals surface area contributed by atoms with Crippen molar-refractivity contribution in [3.05, 3.63) is 0 Å². The maximum Gasteiger partial charge on any atom is 0.596 e. The summed E-state index contributed by atoms with van der Waals surface area (Å²) in [6.45, 7) is 0. The molecule has 0 amide bonds. The molecule has 0 fully saturated rings. The summed E-state index contributed by atoms with van der Waals surface area (Å²) in [5.74, 6) is 0. The Kier molecular flexibility index (Phi) is 2.42. The molecule has 0 saturated heterocycles. The molecule has 6 heavy (non-hydrogen) atoms. The van der Waals surface area contributed by atoms with E-state index in [4.69, 9.17) is 4.79 Å². The Morgan fingerprint density at radius 1 is 1.83 bits per heavy atom. The van der Waals surface area contributed by atoms with Gasteiger partial charge in [0.1, 0.15) is 0 Å². The van der Waals surface area contributed by atoms with Gasteiger partial charge in [0.05, 0.1) is 4.76 Å². The van der Waals surface area contributed by atoms with Crippen molar-refractivity contribution in [1.82, 2.24) is 0 Å². The SMILES string of the molecule is N[P+](=O)N=C=O. The molecule has 0 saturated carbocycles. The highest BCUT2D eigenvalue weighted by atomic mass is 31.1. The molecule has 0 radical (unpaired) electrons. The molecular weight excluding hydrogens is 103 g/mol. The smallest absolute Gasteiger partial charge is 0.207 e. The van der Waals surface area contributed by atoms with Crippen LogP contribution in [0.5, 0.6) is 0 Å². The number of rotatable bonds is 1. The van der Waals surface area contributed by atoms with Crippen molar-refractivity contribution >= 4 is 14.2 Å². The Balaban J connectivity index is 3.60. The summed E-state index contributed by atoms with van der Waals surface area (Å²) in [7, 11) is -2.15. The molecule has 0 aromatic rings. The van der Waals surface area contributed by atoms with Gasteiger partial charge in [-0.3, -0.25) is 0 Å². The van der Waals surface area contributed by atoms with Crippen LogP contribution in [0.4, 0.5) is 0 Å². The minimum atomic E-state index is -2.15. The fraction of sp³-hybridized carbons (Fsp3) is 0. The highest BCUT2D eigenvalue weighted by Gasteiger charge is 1.98. The maximum atomic E-state index is 9.54. The normalized spacial score (nSPS) is 9.17. The number of isocyanates is 1. The van der Waals surface area contributed by atoms with Gasteiger partial charge in [-0.05, 0) is 4.57 Å². The van der Waals surface area contributed by atoms with E-state index in [9.17, 15) is 4.57 Å². The van der Waals surface area contributed by atoms with Gasteiger partial charge in [-0.2, -0.15) is 0 Å². The minimum absolute atomic E-state index is 1.03. The van der Waals surface area contributed by atoms with Crippen molar-refractivity contribution in [3.63, 3.8) is 0 Å². The van der Waals surface area contributed by atoms with E-state index in [1.165, 1.54) is 0 Å². The Hall–Kier alpha value is -0.560. The van der Waals surface area contributed by atoms with Crippen molar-refractivity contribution in [1.29, 1.82) is 0 Å². The molecule has 0 aliphatic rings. The minimum Gasteiger partial charge on any atom is -0.207 e. The van der Waals surface area contributed by atoms with Gasteiger partial charge in [-0.15, -0.1) is 0 Å². The predicted molar refractivity (Wildman–Crippen MR) is 19.9 cm³/mol. The Morgan fingerprint density at radius 2 is 2.33 bits per heavy atom. The van der Waals surface area contributed by atoms with E-state index >= 15 is 0 Å². The van der Waals surface area contributed by atoms with Crippen LogP contribution >= 0.6 is 8.10 Å². The second kappa shape index (κ2) is 2.67. The van der Waals surface area contributed by atoms with Gasteiger partial charge >= 0.3 is 8.10 Å². The van der Waals surface area contributed by atoms with Gasteiger partial charge in [0.15, 0.2) is 0 Å². The second-order valence-corrected chi connectivity index (χ2v) is 1.30. The summed E-state index contributed by atoms with van der Waals surface area (Å²) in [6, 6.07) is 0. The summed E-state index contributed by atoms with van der Waals surface area (Å²) in [5, 5.41) is 0. The van der Waals surface area contributed by atoms with Crippen molar-refractivity contribution in [3.8, 4) is 0 Å². The summed E-state index contributed by atoms with van der Waals surface area (Å²) in [6.07, 6.45) is 1.03. The summed E-state index contributed by atoms with van der Waals surface area (Å²) in [5.41, 5.74) is 4.48. The third-order valence-electron chi connectivity index (χ3n) is 0.139. The fourth-order valence-electron chi connectivity index (χ4n) is 0.0402. The molecule has 2 N–H and O–H groups in total. The zero-order chi connectivity index (χ0) is 4.99. The predicted octanol–water partition coefficient (Wildman–Crippen LogP) is -0.0617. The topological polar surface area (TPSA) is 72.5 Å². The van der Waals surface area contributed by atoms with Crippen LogP contribution in [0.1, 0.15) is 0 Å². The van der Waals surface area contributed by atoms with Gasteiger partial charge < -0.3 is 0 Å². The molecule has 1 atom stereocenters. The largest absolute Gasteiger partial charge is 0.596 e. The molecule has 4 nitrogen and oxygen atoms in total. The Morgan fingerprint density at radius 3 is 2.33 bits per heavy atom. The molecule has 0 rings (SSSR count). The van der Waals surface area contributed by atoms with Crippen molar-refractivity contribution in [2.45, 2.75) is 0 Å². The van der Waals surface area contributed by atoms with E-state index in [2.05, 4.69) is 10.3 Å². The monoisotopic (exact) mass is 105 g/mol. The number of hydrogen-bond donors (Lipinski definition) is 1. The fourth-order valence-corrected chi connectivity index (χ4v) is 0.121. The lowest BCUT2D eigenvalue weighted by molar-refractivity contribution is 0.564. The summed E-state index contributed by atoms with van der Waals surface area (Å²) < 4.78 is 12.1. The van der Waals surface area contributed by atoms with E-state index < -0.39 is 8.10 Å². The zero-order valence-electron chi connectivity index (χ0n) is 2.79. The van der Waals surface area contributed by atoms with Crippen LogP contribution in [0, 0.1) is 0 Å². The number of nitrogens with zero attached hydrogens (tertiary/aromatic N) is 1. The summed E-state index contributed by atoms with van der Waals surface area (Å²) in [4.78, 5) is 9.06. The van der Waals surface area contributed by atoms with Crippen LogP contribution in [0.3, 0.4) is 0 Å². The van der Waals surface area contributed by atoms with Crippen LogP contribution in [-0.4, -0.2) is 6.08 Å². The van der Waals surface area contributed by atoms with Gasteiger partial charge in [-0.1, -0.05) is 5.50 Å². The van der Waals surface area contributed by atoms with Crippen LogP contribution in [0.25, 0.3) is 0 Å². The average Bonchev–Trinajstić information content (AvgIpc) is 1.35. The van der Waals surface area contributed by atoms with Gasteiger partial charge in [0.25, 0.3) is 6.08 Å². The third kappa shape index (κ3) is 3.44. The van der Waals surface area contributed by atoms with E-state index in [-0.39, 0.29) is 0 Å². The third-order valence-corrected chi connectivity index (χ3v) is 0.418. The van der Waals surface area contributed by atoms with Gasteiger partial charge in [0.2, 0.25) is 0 Å². The second-order valence-electron chi connectivity index (χ2n) is 0.494. The van der Waals surface area contributed by atoms with Crippen molar-refractivity contribution in [2.75, 3.05) is 0 Å². The quantitative estimate of drug-likeness (QED) is 0.288. The van der Waals surface area contributed by atoms with Crippen LogP contribution in [0.2, 0.25) is 0 Å². The molecule has 0 aliphatic heterocycles. The molecule has 0 bridgehead atoms. The number of carbonyl (C=O) groups excluding carboxylic acids is 1. The molecule has 0 spiro atoms. The molecule has 1 unspecified atom stereocenters. The lowest BCUT2D eigenvalue weighted by Crippen LogP contribution is -1.68. The maximum absolute atomic E-state index is 9.54. The first-order valence-electron chi connectivity index (χ1n) is 1.07. The summed E-state index contributed by atoms with van der Waals surface area (Å²) >= 11 is 0. The van der Waals surface area contributed by atoms with E-state index in [0.29, 0.717) is 0 Å². The zero-order valence-corrected chi connectivity index (χ0v) is 3.68. The molecular formula is CH2N2O2P+. The molecule has 5 heteroatoms. The number of nitrogens with two attached hydrogens (primary N) is 1. The van der Waals surface area contributed by atoms with Crippen molar-refractivity contribution < 1.29 is 9.36 Å². The Bertz CT molecular complexity index is 104. The molecule has 0 heterocycles. The first kappa shape index (κ1) is 5.44. The lowest BCUT2D eigenvalue weighted by Gasteiger charge is -1.42. The first-order chi connectivity index (χ1) is 2.77. The highest BCUT2D eigenvalue weighted by molar-refractivity contribution is 7.40. The lowest BCUT2D eigenvalue weighted by atomic mass is 11.7. The molecule has 32 valence electrons. The number of hydrogen-bond acceptors (Lipinski definition) is 2. The van der Waals surface area contributed by atoms with Crippen LogP contribution in [0.15, 0.2) is 4.76 Å². The van der Waals surface area contributed by atoms with E-state index in [1.807, 2.05) is 0 Å². The molecule has 0 aromatic heterocycles. The molecule has 0 aliphatic carbocycles. The van der Waals surface area contributed by atoms with Crippen molar-refractivity contribution in [2.24, 2.45) is 10.3 Å². The van der Waals surface area contributed by atoms with Gasteiger partial charge in [-0.25, -0.2) is 4.79 Å². The average molecular weight is 105 g/mol. The molecule has 0 aromatic carbocycles. The van der Waals surface area contributed by atoms with Crippen LogP contribution < -0.4 is 5.50 Å².